The van der Waals surface area contributed by atoms with Crippen LogP contribution < -0.4 is 0 Å². The zero-order valence-electron chi connectivity index (χ0n) is 12.6. The van der Waals surface area contributed by atoms with Crippen LogP contribution in [0.2, 0.25) is 0 Å². The molecule has 1 aliphatic rings. The second-order valence-corrected chi connectivity index (χ2v) is 5.52. The number of aliphatic carboxylic acids is 1. The number of carboxylic acid groups (broad SMARTS) is 1. The Morgan fingerprint density at radius 1 is 1.18 bits per heavy atom. The van der Waals surface area contributed by atoms with Gasteiger partial charge >= 0.3 is 5.97 Å². The van der Waals surface area contributed by atoms with Crippen LogP contribution in [0.25, 0.3) is 0 Å². The first-order chi connectivity index (χ1) is 10.5. The van der Waals surface area contributed by atoms with Gasteiger partial charge in [0.1, 0.15) is 6.54 Å². The van der Waals surface area contributed by atoms with E-state index in [9.17, 15) is 14.4 Å². The number of benzene rings is 1. The number of piperidine rings is 1. The number of likely N-dealkylation sites (N-methyl/N-ethyl adjacent to an activating group) is 1. The van der Waals surface area contributed by atoms with Crippen LogP contribution in [-0.4, -0.2) is 59.4 Å². The number of hydrogen-bond donors (Lipinski definition) is 1. The van der Waals surface area contributed by atoms with E-state index in [2.05, 4.69) is 0 Å². The fraction of sp³-hybridized carbons (Fsp3) is 0.438. The predicted octanol–water partition coefficient (Wildman–Crippen LogP) is 1.08. The predicted molar refractivity (Wildman–Crippen MR) is 80.3 cm³/mol. The summed E-state index contributed by atoms with van der Waals surface area (Å²) in [5.74, 6) is -1.41. The highest BCUT2D eigenvalue weighted by atomic mass is 16.4. The van der Waals surface area contributed by atoms with Crippen molar-refractivity contribution < 1.29 is 19.5 Å². The van der Waals surface area contributed by atoms with Crippen LogP contribution in [0.3, 0.4) is 0 Å². The van der Waals surface area contributed by atoms with E-state index in [1.54, 1.807) is 17.0 Å². The van der Waals surface area contributed by atoms with E-state index in [1.165, 1.54) is 11.9 Å². The van der Waals surface area contributed by atoms with Crippen LogP contribution in [0, 0.1) is 5.92 Å². The van der Waals surface area contributed by atoms with Gasteiger partial charge in [-0.25, -0.2) is 0 Å². The third-order valence-electron chi connectivity index (χ3n) is 3.90. The van der Waals surface area contributed by atoms with Crippen molar-refractivity contribution in [3.63, 3.8) is 0 Å². The van der Waals surface area contributed by atoms with Gasteiger partial charge in [-0.15, -0.1) is 0 Å². The summed E-state index contributed by atoms with van der Waals surface area (Å²) in [4.78, 5) is 38.1. The van der Waals surface area contributed by atoms with Crippen molar-refractivity contribution in [1.29, 1.82) is 0 Å². The fourth-order valence-electron chi connectivity index (χ4n) is 2.69. The Hall–Kier alpha value is -2.37. The van der Waals surface area contributed by atoms with E-state index >= 15 is 0 Å². The maximum atomic E-state index is 12.3. The van der Waals surface area contributed by atoms with E-state index in [-0.39, 0.29) is 24.3 Å². The molecule has 0 spiro atoms. The first-order valence-corrected chi connectivity index (χ1v) is 7.30. The summed E-state index contributed by atoms with van der Waals surface area (Å²) in [6.07, 6.45) is 1.14. The lowest BCUT2D eigenvalue weighted by molar-refractivity contribution is -0.145. The Labute approximate surface area is 129 Å². The molecule has 118 valence electrons. The normalized spacial score (nSPS) is 15.4. The fourth-order valence-corrected chi connectivity index (χ4v) is 2.69. The molecule has 1 saturated heterocycles. The largest absolute Gasteiger partial charge is 0.480 e. The lowest BCUT2D eigenvalue weighted by Crippen LogP contribution is -2.44. The molecule has 0 saturated carbocycles. The number of amides is 2. The molecule has 1 aromatic rings. The number of carboxylic acids is 1. The summed E-state index contributed by atoms with van der Waals surface area (Å²) in [5, 5.41) is 8.73. The zero-order chi connectivity index (χ0) is 16.1. The first-order valence-electron chi connectivity index (χ1n) is 7.30. The summed E-state index contributed by atoms with van der Waals surface area (Å²) in [6.45, 7) is 0.748. The SMILES string of the molecule is CN(CC(=O)O)C(=O)C1CCN(C(=O)c2ccccc2)CC1. The van der Waals surface area contributed by atoms with Crippen molar-refractivity contribution in [2.45, 2.75) is 12.8 Å². The third-order valence-corrected chi connectivity index (χ3v) is 3.90. The lowest BCUT2D eigenvalue weighted by atomic mass is 9.95. The molecule has 6 heteroatoms. The molecule has 6 nitrogen and oxygen atoms in total. The van der Waals surface area contributed by atoms with Gasteiger partial charge in [0.25, 0.3) is 5.91 Å². The van der Waals surface area contributed by atoms with E-state index in [4.69, 9.17) is 5.11 Å². The Morgan fingerprint density at radius 3 is 2.32 bits per heavy atom. The molecule has 0 aliphatic carbocycles. The summed E-state index contributed by atoms with van der Waals surface area (Å²) < 4.78 is 0. The minimum Gasteiger partial charge on any atom is -0.480 e. The number of rotatable bonds is 4. The van der Waals surface area contributed by atoms with Gasteiger partial charge in [-0.3, -0.25) is 14.4 Å². The van der Waals surface area contributed by atoms with Crippen molar-refractivity contribution in [3.05, 3.63) is 35.9 Å². The molecular weight excluding hydrogens is 284 g/mol. The molecule has 2 rings (SSSR count). The van der Waals surface area contributed by atoms with Gasteiger partial charge in [-0.1, -0.05) is 18.2 Å². The van der Waals surface area contributed by atoms with Gasteiger partial charge < -0.3 is 14.9 Å². The minimum absolute atomic E-state index is 0.0228. The first kappa shape index (κ1) is 16.0. The van der Waals surface area contributed by atoms with Crippen molar-refractivity contribution in [2.24, 2.45) is 5.92 Å². The van der Waals surface area contributed by atoms with Gasteiger partial charge in [0.2, 0.25) is 5.91 Å². The third kappa shape index (κ3) is 3.84. The molecule has 1 N–H and O–H groups in total. The van der Waals surface area contributed by atoms with Crippen molar-refractivity contribution in [2.75, 3.05) is 26.7 Å². The molecule has 0 bridgehead atoms. The number of carbonyl (C=O) groups excluding carboxylic acids is 2. The summed E-state index contributed by atoms with van der Waals surface area (Å²) in [7, 11) is 1.50. The van der Waals surface area contributed by atoms with Crippen LogP contribution in [0.4, 0.5) is 0 Å². The summed E-state index contributed by atoms with van der Waals surface area (Å²) in [6, 6.07) is 9.06. The van der Waals surface area contributed by atoms with E-state index in [0.717, 1.165) is 0 Å². The standard InChI is InChI=1S/C16H20N2O4/c1-17(11-14(19)20)15(21)13-7-9-18(10-8-13)16(22)12-5-3-2-4-6-12/h2-6,13H,7-11H2,1H3,(H,19,20). The van der Waals surface area contributed by atoms with Gasteiger partial charge in [-0.2, -0.15) is 0 Å². The maximum absolute atomic E-state index is 12.3. The van der Waals surface area contributed by atoms with Crippen molar-refractivity contribution in [3.8, 4) is 0 Å². The molecule has 2 amide bonds. The molecule has 0 radical (unpaired) electrons. The average molecular weight is 304 g/mol. The van der Waals surface area contributed by atoms with E-state index < -0.39 is 5.97 Å². The Balaban J connectivity index is 1.89. The Morgan fingerprint density at radius 2 is 1.77 bits per heavy atom. The quantitative estimate of drug-likeness (QED) is 0.903. The van der Waals surface area contributed by atoms with E-state index in [0.29, 0.717) is 31.5 Å². The van der Waals surface area contributed by atoms with Crippen LogP contribution in [-0.2, 0) is 9.59 Å². The molecule has 1 fully saturated rings. The van der Waals surface area contributed by atoms with Crippen LogP contribution in [0.1, 0.15) is 23.2 Å². The van der Waals surface area contributed by atoms with Crippen LogP contribution in [0.15, 0.2) is 30.3 Å². The highest BCUT2D eigenvalue weighted by Gasteiger charge is 2.29. The summed E-state index contributed by atoms with van der Waals surface area (Å²) in [5.41, 5.74) is 0.648. The van der Waals surface area contributed by atoms with Gasteiger partial charge in [0.05, 0.1) is 0 Å². The summed E-state index contributed by atoms with van der Waals surface area (Å²) >= 11 is 0. The molecule has 1 aliphatic heterocycles. The topological polar surface area (TPSA) is 77.9 Å². The van der Waals surface area contributed by atoms with E-state index in [1.807, 2.05) is 18.2 Å². The molecule has 0 aromatic heterocycles. The van der Waals surface area contributed by atoms with Gasteiger partial charge in [0.15, 0.2) is 0 Å². The number of nitrogens with zero attached hydrogens (tertiary/aromatic N) is 2. The molecule has 0 unspecified atom stereocenters. The van der Waals surface area contributed by atoms with Crippen LogP contribution >= 0.6 is 0 Å². The van der Waals surface area contributed by atoms with Crippen molar-refractivity contribution >= 4 is 17.8 Å². The zero-order valence-corrected chi connectivity index (χ0v) is 12.6. The van der Waals surface area contributed by atoms with Crippen LogP contribution in [0.5, 0.6) is 0 Å². The second-order valence-electron chi connectivity index (χ2n) is 5.52. The molecule has 0 atom stereocenters. The highest BCUT2D eigenvalue weighted by molar-refractivity contribution is 5.94. The van der Waals surface area contributed by atoms with Gasteiger partial charge in [0, 0.05) is 31.6 Å². The van der Waals surface area contributed by atoms with Crippen molar-refractivity contribution in [1.82, 2.24) is 9.80 Å². The highest BCUT2D eigenvalue weighted by Crippen LogP contribution is 2.20. The van der Waals surface area contributed by atoms with Gasteiger partial charge in [-0.05, 0) is 25.0 Å². The molecule has 22 heavy (non-hydrogen) atoms. The molecule has 1 heterocycles. The number of likely N-dealkylation sites (tertiary alicyclic amines) is 1. The Kier molecular flexibility index (Phi) is 5.14. The number of carbonyl (C=O) groups is 3. The minimum atomic E-state index is -1.02. The second kappa shape index (κ2) is 7.06. The smallest absolute Gasteiger partial charge is 0.323 e. The molecular formula is C16H20N2O4. The molecule has 1 aromatic carbocycles. The number of hydrogen-bond acceptors (Lipinski definition) is 3. The maximum Gasteiger partial charge on any atom is 0.323 e. The average Bonchev–Trinajstić information content (AvgIpc) is 2.54. The lowest BCUT2D eigenvalue weighted by Gasteiger charge is -2.33. The monoisotopic (exact) mass is 304 g/mol. The Bertz CT molecular complexity index is 551.